The lowest BCUT2D eigenvalue weighted by Crippen LogP contribution is -2.20. The van der Waals surface area contributed by atoms with Crippen molar-refractivity contribution in [3.63, 3.8) is 0 Å². The lowest BCUT2D eigenvalue weighted by Gasteiger charge is -2.13. The first-order valence-corrected chi connectivity index (χ1v) is 7.55. The molecule has 2 rings (SSSR count). The molecule has 0 heterocycles. The number of anilines is 1. The van der Waals surface area contributed by atoms with Crippen molar-refractivity contribution in [3.8, 4) is 5.75 Å². The minimum atomic E-state index is -4.44. The van der Waals surface area contributed by atoms with Gasteiger partial charge in [0, 0.05) is 11.4 Å². The van der Waals surface area contributed by atoms with E-state index in [0.29, 0.717) is 11.4 Å². The van der Waals surface area contributed by atoms with Gasteiger partial charge in [0.25, 0.3) is 0 Å². The molecular weight excluding hydrogens is 343 g/mol. The molecule has 2 aromatic carbocycles. The number of nitrogens with one attached hydrogen (secondary N) is 1. The first-order chi connectivity index (χ1) is 11.3. The van der Waals surface area contributed by atoms with Crippen LogP contribution in [0.5, 0.6) is 5.75 Å². The molecule has 2 aromatic rings. The maximum Gasteiger partial charge on any atom is 0.422 e. The topological polar surface area (TPSA) is 38.3 Å². The van der Waals surface area contributed by atoms with E-state index in [1.54, 1.807) is 18.2 Å². The number of rotatable bonds is 6. The summed E-state index contributed by atoms with van der Waals surface area (Å²) >= 11 is 6.02. The first kappa shape index (κ1) is 18.1. The van der Waals surface area contributed by atoms with Crippen LogP contribution in [0.2, 0.25) is 5.02 Å². The van der Waals surface area contributed by atoms with E-state index in [1.165, 1.54) is 18.2 Å². The van der Waals surface area contributed by atoms with Gasteiger partial charge in [-0.2, -0.15) is 13.2 Å². The fourth-order valence-electron chi connectivity index (χ4n) is 2.02. The second kappa shape index (κ2) is 8.06. The van der Waals surface area contributed by atoms with Crippen molar-refractivity contribution >= 4 is 23.2 Å². The van der Waals surface area contributed by atoms with Gasteiger partial charge in [-0.1, -0.05) is 41.9 Å². The van der Waals surface area contributed by atoms with Crippen LogP contribution in [0.15, 0.2) is 48.5 Å². The molecule has 3 nitrogen and oxygen atoms in total. The maximum absolute atomic E-state index is 12.3. The Bertz CT molecular complexity index is 704. The molecule has 0 bridgehead atoms. The molecule has 0 aliphatic rings. The molecule has 1 amide bonds. The van der Waals surface area contributed by atoms with Crippen molar-refractivity contribution in [2.24, 2.45) is 0 Å². The molecule has 0 unspecified atom stereocenters. The first-order valence-electron chi connectivity index (χ1n) is 7.17. The zero-order valence-electron chi connectivity index (χ0n) is 12.6. The molecule has 0 aliphatic carbocycles. The molecule has 128 valence electrons. The molecule has 0 saturated carbocycles. The van der Waals surface area contributed by atoms with Gasteiger partial charge in [-0.15, -0.1) is 0 Å². The SMILES string of the molecule is O=C(CCc1ccccc1Cl)Nc1ccccc1OCC(F)(F)F. The molecule has 0 aromatic heterocycles. The van der Waals surface area contributed by atoms with Crippen LogP contribution in [0.1, 0.15) is 12.0 Å². The minimum absolute atomic E-state index is 0.0269. The Kier molecular flexibility index (Phi) is 6.09. The van der Waals surface area contributed by atoms with E-state index < -0.39 is 12.8 Å². The van der Waals surface area contributed by atoms with E-state index >= 15 is 0 Å². The average molecular weight is 358 g/mol. The fourth-order valence-corrected chi connectivity index (χ4v) is 2.25. The van der Waals surface area contributed by atoms with Crippen LogP contribution in [0, 0.1) is 0 Å². The normalized spacial score (nSPS) is 11.2. The molecule has 7 heteroatoms. The Morgan fingerprint density at radius 2 is 1.75 bits per heavy atom. The third-order valence-electron chi connectivity index (χ3n) is 3.13. The van der Waals surface area contributed by atoms with Crippen molar-refractivity contribution in [1.82, 2.24) is 0 Å². The predicted molar refractivity (Wildman–Crippen MR) is 86.4 cm³/mol. The van der Waals surface area contributed by atoms with Gasteiger partial charge in [0.1, 0.15) is 5.75 Å². The minimum Gasteiger partial charge on any atom is -0.482 e. The zero-order chi connectivity index (χ0) is 17.6. The third kappa shape index (κ3) is 5.77. The quantitative estimate of drug-likeness (QED) is 0.802. The Hall–Kier alpha value is -2.21. The van der Waals surface area contributed by atoms with Crippen LogP contribution in [0.4, 0.5) is 18.9 Å². The number of halogens is 4. The van der Waals surface area contributed by atoms with Crippen molar-refractivity contribution in [1.29, 1.82) is 0 Å². The summed E-state index contributed by atoms with van der Waals surface area (Å²) in [4.78, 5) is 12.0. The van der Waals surface area contributed by atoms with Gasteiger partial charge in [-0.05, 0) is 30.2 Å². The van der Waals surface area contributed by atoms with E-state index in [4.69, 9.17) is 16.3 Å². The van der Waals surface area contributed by atoms with Crippen molar-refractivity contribution in [2.45, 2.75) is 19.0 Å². The van der Waals surface area contributed by atoms with E-state index in [9.17, 15) is 18.0 Å². The lowest BCUT2D eigenvalue weighted by molar-refractivity contribution is -0.153. The van der Waals surface area contributed by atoms with E-state index in [0.717, 1.165) is 5.56 Å². The Labute approximate surface area is 142 Å². The average Bonchev–Trinajstić information content (AvgIpc) is 2.52. The molecule has 0 atom stereocenters. The number of amides is 1. The summed E-state index contributed by atoms with van der Waals surface area (Å²) in [6.45, 7) is -1.42. The summed E-state index contributed by atoms with van der Waals surface area (Å²) in [5.41, 5.74) is 1.03. The number of carbonyl (C=O) groups is 1. The molecule has 1 N–H and O–H groups in total. The van der Waals surface area contributed by atoms with Gasteiger partial charge in [-0.25, -0.2) is 0 Å². The van der Waals surface area contributed by atoms with Gasteiger partial charge in [0.2, 0.25) is 5.91 Å². The van der Waals surface area contributed by atoms with Crippen LogP contribution >= 0.6 is 11.6 Å². The van der Waals surface area contributed by atoms with Crippen LogP contribution in [-0.4, -0.2) is 18.7 Å². The highest BCUT2D eigenvalue weighted by molar-refractivity contribution is 6.31. The zero-order valence-corrected chi connectivity index (χ0v) is 13.3. The number of aryl methyl sites for hydroxylation is 1. The number of hydrogen-bond acceptors (Lipinski definition) is 2. The van der Waals surface area contributed by atoms with Crippen LogP contribution in [-0.2, 0) is 11.2 Å². The summed E-state index contributed by atoms with van der Waals surface area (Å²) in [6, 6.07) is 13.1. The summed E-state index contributed by atoms with van der Waals surface area (Å²) in [7, 11) is 0. The van der Waals surface area contributed by atoms with Crippen molar-refractivity contribution in [2.75, 3.05) is 11.9 Å². The van der Waals surface area contributed by atoms with E-state index in [-0.39, 0.29) is 23.8 Å². The lowest BCUT2D eigenvalue weighted by atomic mass is 10.1. The molecule has 0 spiro atoms. The highest BCUT2D eigenvalue weighted by Gasteiger charge is 2.28. The molecular formula is C17H15ClF3NO2. The fraction of sp³-hybridized carbons (Fsp3) is 0.235. The second-order valence-electron chi connectivity index (χ2n) is 5.04. The summed E-state index contributed by atoms with van der Waals surface area (Å²) < 4.78 is 41.5. The molecule has 0 radical (unpaired) electrons. The second-order valence-corrected chi connectivity index (χ2v) is 5.45. The largest absolute Gasteiger partial charge is 0.482 e. The van der Waals surface area contributed by atoms with Crippen LogP contribution in [0.3, 0.4) is 0 Å². The van der Waals surface area contributed by atoms with Crippen molar-refractivity contribution in [3.05, 3.63) is 59.1 Å². The number of benzene rings is 2. The van der Waals surface area contributed by atoms with Gasteiger partial charge in [0.05, 0.1) is 5.69 Å². The Morgan fingerprint density at radius 3 is 2.46 bits per heavy atom. The summed E-state index contributed by atoms with van der Waals surface area (Å²) in [5.74, 6) is -0.362. The highest BCUT2D eigenvalue weighted by atomic mass is 35.5. The van der Waals surface area contributed by atoms with Gasteiger partial charge in [0.15, 0.2) is 6.61 Å². The standard InChI is InChI=1S/C17H15ClF3NO2/c18-13-6-2-1-5-12(13)9-10-16(23)22-14-7-3-4-8-15(14)24-11-17(19,20)21/h1-8H,9-11H2,(H,22,23). The van der Waals surface area contributed by atoms with E-state index in [1.807, 2.05) is 12.1 Å². The van der Waals surface area contributed by atoms with Gasteiger partial charge in [-0.3, -0.25) is 4.79 Å². The predicted octanol–water partition coefficient (Wildman–Crippen LogP) is 4.85. The number of hydrogen-bond donors (Lipinski definition) is 1. The number of ether oxygens (including phenoxy) is 1. The highest BCUT2D eigenvalue weighted by Crippen LogP contribution is 2.26. The van der Waals surface area contributed by atoms with Gasteiger partial charge >= 0.3 is 6.18 Å². The number of alkyl halides is 3. The molecule has 0 aliphatic heterocycles. The summed E-state index contributed by atoms with van der Waals surface area (Å²) in [5, 5.41) is 3.13. The number of para-hydroxylation sites is 2. The van der Waals surface area contributed by atoms with E-state index in [2.05, 4.69) is 5.32 Å². The molecule has 24 heavy (non-hydrogen) atoms. The molecule has 0 fully saturated rings. The number of carbonyl (C=O) groups excluding carboxylic acids is 1. The van der Waals surface area contributed by atoms with Gasteiger partial charge < -0.3 is 10.1 Å². The third-order valence-corrected chi connectivity index (χ3v) is 3.50. The van der Waals surface area contributed by atoms with Crippen LogP contribution in [0.25, 0.3) is 0 Å². The monoisotopic (exact) mass is 357 g/mol. The Morgan fingerprint density at radius 1 is 1.08 bits per heavy atom. The molecule has 0 saturated heterocycles. The van der Waals surface area contributed by atoms with Crippen LogP contribution < -0.4 is 10.1 Å². The maximum atomic E-state index is 12.3. The summed E-state index contributed by atoms with van der Waals surface area (Å²) in [6.07, 6.45) is -3.87. The van der Waals surface area contributed by atoms with Crippen molar-refractivity contribution < 1.29 is 22.7 Å². The Balaban J connectivity index is 1.95. The smallest absolute Gasteiger partial charge is 0.422 e.